The van der Waals surface area contributed by atoms with E-state index in [0.29, 0.717) is 17.9 Å². The summed E-state index contributed by atoms with van der Waals surface area (Å²) in [4.78, 5) is 2.21. The standard InChI is InChI=1S/C18H20FNO2/c1-13-10-20(12-15-5-3-4-6-18(15)22-13)11-14-7-8-16(21-2)9-17(14)19/h3-9,13H,10-12H2,1-2H3. The number of ether oxygens (including phenoxy) is 2. The molecule has 2 aromatic rings. The molecule has 0 aromatic heterocycles. The van der Waals surface area contributed by atoms with Crippen LogP contribution in [0.4, 0.5) is 4.39 Å². The predicted octanol–water partition coefficient (Wildman–Crippen LogP) is 3.62. The van der Waals surface area contributed by atoms with E-state index in [4.69, 9.17) is 9.47 Å². The second-order valence-corrected chi connectivity index (χ2v) is 5.66. The number of halogens is 1. The molecule has 22 heavy (non-hydrogen) atoms. The Morgan fingerprint density at radius 3 is 2.86 bits per heavy atom. The van der Waals surface area contributed by atoms with Crippen LogP contribution in [0.25, 0.3) is 0 Å². The first-order valence-electron chi connectivity index (χ1n) is 7.45. The molecule has 1 unspecified atom stereocenters. The van der Waals surface area contributed by atoms with Gasteiger partial charge in [0.25, 0.3) is 0 Å². The van der Waals surface area contributed by atoms with Crippen LogP contribution >= 0.6 is 0 Å². The molecule has 1 atom stereocenters. The first-order chi connectivity index (χ1) is 10.7. The van der Waals surface area contributed by atoms with Crippen LogP contribution in [0, 0.1) is 5.82 Å². The van der Waals surface area contributed by atoms with Crippen LogP contribution in [-0.2, 0) is 13.1 Å². The summed E-state index contributed by atoms with van der Waals surface area (Å²) in [6.45, 7) is 4.11. The Bertz CT molecular complexity index is 659. The molecule has 2 aromatic carbocycles. The van der Waals surface area contributed by atoms with Gasteiger partial charge in [0.15, 0.2) is 0 Å². The largest absolute Gasteiger partial charge is 0.497 e. The van der Waals surface area contributed by atoms with Gasteiger partial charge in [-0.2, -0.15) is 0 Å². The van der Waals surface area contributed by atoms with Crippen LogP contribution in [0.2, 0.25) is 0 Å². The summed E-state index contributed by atoms with van der Waals surface area (Å²) in [6.07, 6.45) is 0.0740. The summed E-state index contributed by atoms with van der Waals surface area (Å²) in [5.41, 5.74) is 1.81. The monoisotopic (exact) mass is 301 g/mol. The van der Waals surface area contributed by atoms with E-state index in [1.807, 2.05) is 25.1 Å². The molecule has 0 amide bonds. The Labute approximate surface area is 130 Å². The second kappa shape index (κ2) is 6.36. The van der Waals surface area contributed by atoms with Crippen molar-refractivity contribution in [2.45, 2.75) is 26.1 Å². The van der Waals surface area contributed by atoms with Crippen LogP contribution in [0.1, 0.15) is 18.1 Å². The number of fused-ring (bicyclic) bond motifs is 1. The fourth-order valence-corrected chi connectivity index (χ4v) is 2.82. The van der Waals surface area contributed by atoms with Gasteiger partial charge < -0.3 is 9.47 Å². The van der Waals surface area contributed by atoms with Crippen LogP contribution in [0.5, 0.6) is 11.5 Å². The average molecular weight is 301 g/mol. The number of nitrogens with zero attached hydrogens (tertiary/aromatic N) is 1. The van der Waals surface area contributed by atoms with Crippen LogP contribution in [0.15, 0.2) is 42.5 Å². The third-order valence-electron chi connectivity index (χ3n) is 3.86. The Morgan fingerprint density at radius 2 is 2.09 bits per heavy atom. The topological polar surface area (TPSA) is 21.7 Å². The molecule has 1 aliphatic heterocycles. The lowest BCUT2D eigenvalue weighted by Gasteiger charge is -2.22. The van der Waals surface area contributed by atoms with Crippen LogP contribution in [0.3, 0.4) is 0 Å². The van der Waals surface area contributed by atoms with Crippen molar-refractivity contribution in [3.63, 3.8) is 0 Å². The molecular weight excluding hydrogens is 281 g/mol. The maximum absolute atomic E-state index is 14.1. The maximum Gasteiger partial charge on any atom is 0.131 e. The van der Waals surface area contributed by atoms with E-state index in [1.54, 1.807) is 19.2 Å². The highest BCUT2D eigenvalue weighted by molar-refractivity contribution is 5.34. The third kappa shape index (κ3) is 3.22. The van der Waals surface area contributed by atoms with Gasteiger partial charge in [-0.3, -0.25) is 4.90 Å². The third-order valence-corrected chi connectivity index (χ3v) is 3.86. The predicted molar refractivity (Wildman–Crippen MR) is 83.6 cm³/mol. The highest BCUT2D eigenvalue weighted by Crippen LogP contribution is 2.26. The van der Waals surface area contributed by atoms with E-state index in [-0.39, 0.29) is 11.9 Å². The molecule has 0 radical (unpaired) electrons. The molecule has 0 saturated carbocycles. The highest BCUT2D eigenvalue weighted by atomic mass is 19.1. The summed E-state index contributed by atoms with van der Waals surface area (Å²) in [5, 5.41) is 0. The number of hydrogen-bond donors (Lipinski definition) is 0. The van der Waals surface area contributed by atoms with Gasteiger partial charge in [0.05, 0.1) is 7.11 Å². The van der Waals surface area contributed by atoms with Crippen molar-refractivity contribution in [1.29, 1.82) is 0 Å². The molecule has 3 nitrogen and oxygen atoms in total. The highest BCUT2D eigenvalue weighted by Gasteiger charge is 2.20. The Kier molecular flexibility index (Phi) is 4.29. The average Bonchev–Trinajstić information content (AvgIpc) is 2.66. The van der Waals surface area contributed by atoms with E-state index in [1.165, 1.54) is 6.07 Å². The number of para-hydroxylation sites is 1. The fourth-order valence-electron chi connectivity index (χ4n) is 2.82. The molecule has 0 N–H and O–H groups in total. The molecule has 1 aliphatic rings. The van der Waals surface area contributed by atoms with E-state index in [2.05, 4.69) is 11.0 Å². The minimum Gasteiger partial charge on any atom is -0.497 e. The number of methoxy groups -OCH3 is 1. The van der Waals surface area contributed by atoms with E-state index in [0.717, 1.165) is 24.4 Å². The molecule has 4 heteroatoms. The van der Waals surface area contributed by atoms with Crippen molar-refractivity contribution >= 4 is 0 Å². The normalized spacial score (nSPS) is 18.2. The molecule has 116 valence electrons. The van der Waals surface area contributed by atoms with Gasteiger partial charge in [0, 0.05) is 36.8 Å². The summed E-state index contributed by atoms with van der Waals surface area (Å²) in [5.74, 6) is 1.23. The molecular formula is C18H20FNO2. The van der Waals surface area contributed by atoms with Gasteiger partial charge in [0.1, 0.15) is 23.4 Å². The van der Waals surface area contributed by atoms with E-state index in [9.17, 15) is 4.39 Å². The molecule has 0 saturated heterocycles. The van der Waals surface area contributed by atoms with Crippen molar-refractivity contribution in [3.05, 3.63) is 59.4 Å². The number of rotatable bonds is 3. The zero-order chi connectivity index (χ0) is 15.5. The lowest BCUT2D eigenvalue weighted by molar-refractivity contribution is 0.155. The van der Waals surface area contributed by atoms with E-state index >= 15 is 0 Å². The van der Waals surface area contributed by atoms with Crippen molar-refractivity contribution in [2.24, 2.45) is 0 Å². The van der Waals surface area contributed by atoms with Crippen molar-refractivity contribution in [3.8, 4) is 11.5 Å². The Hall–Kier alpha value is -2.07. The first-order valence-corrected chi connectivity index (χ1v) is 7.45. The lowest BCUT2D eigenvalue weighted by atomic mass is 10.1. The van der Waals surface area contributed by atoms with Gasteiger partial charge in [0.2, 0.25) is 0 Å². The molecule has 0 spiro atoms. The van der Waals surface area contributed by atoms with Crippen LogP contribution in [-0.4, -0.2) is 24.7 Å². The molecule has 0 aliphatic carbocycles. The minimum atomic E-state index is -0.231. The van der Waals surface area contributed by atoms with Gasteiger partial charge in [-0.1, -0.05) is 24.3 Å². The maximum atomic E-state index is 14.1. The quantitative estimate of drug-likeness (QED) is 0.864. The van der Waals surface area contributed by atoms with Crippen molar-refractivity contribution < 1.29 is 13.9 Å². The first kappa shape index (κ1) is 14.9. The lowest BCUT2D eigenvalue weighted by Crippen LogP contribution is -2.30. The van der Waals surface area contributed by atoms with Gasteiger partial charge in [-0.25, -0.2) is 4.39 Å². The zero-order valence-corrected chi connectivity index (χ0v) is 12.9. The van der Waals surface area contributed by atoms with Crippen LogP contribution < -0.4 is 9.47 Å². The molecule has 3 rings (SSSR count). The van der Waals surface area contributed by atoms with E-state index < -0.39 is 0 Å². The minimum absolute atomic E-state index is 0.0740. The van der Waals surface area contributed by atoms with Gasteiger partial charge in [-0.05, 0) is 19.1 Å². The summed E-state index contributed by atoms with van der Waals surface area (Å²) >= 11 is 0. The van der Waals surface area contributed by atoms with Crippen molar-refractivity contribution in [2.75, 3.05) is 13.7 Å². The SMILES string of the molecule is COc1ccc(CN2Cc3ccccc3OC(C)C2)c(F)c1. The summed E-state index contributed by atoms with van der Waals surface area (Å²) < 4.78 is 25.1. The molecule has 0 bridgehead atoms. The molecule has 0 fully saturated rings. The van der Waals surface area contributed by atoms with Crippen molar-refractivity contribution in [1.82, 2.24) is 4.90 Å². The Balaban J connectivity index is 1.80. The van der Waals surface area contributed by atoms with Gasteiger partial charge >= 0.3 is 0 Å². The second-order valence-electron chi connectivity index (χ2n) is 5.66. The zero-order valence-electron chi connectivity index (χ0n) is 12.9. The number of benzene rings is 2. The van der Waals surface area contributed by atoms with Gasteiger partial charge in [-0.15, -0.1) is 0 Å². The number of hydrogen-bond acceptors (Lipinski definition) is 3. The molecule has 1 heterocycles. The summed E-state index contributed by atoms with van der Waals surface area (Å²) in [6, 6.07) is 13.0. The fraction of sp³-hybridized carbons (Fsp3) is 0.333. The smallest absolute Gasteiger partial charge is 0.131 e. The summed E-state index contributed by atoms with van der Waals surface area (Å²) in [7, 11) is 1.54. The Morgan fingerprint density at radius 1 is 1.27 bits per heavy atom.